The van der Waals surface area contributed by atoms with Gasteiger partial charge >= 0.3 is 0 Å². The van der Waals surface area contributed by atoms with E-state index in [1.807, 2.05) is 6.07 Å². The standard InChI is InChI=1S/C17H13N/c18-14-7-8-15-13(10-14)9-12-5-1-3-11-4-2-6-16(15)17(11)12/h1-3,5-10H,4,18H2. The highest BCUT2D eigenvalue weighted by molar-refractivity contribution is 6.09. The smallest absolute Gasteiger partial charge is 0.0320 e. The number of nitrogens with two attached hydrogens (primary N) is 1. The van der Waals surface area contributed by atoms with E-state index < -0.39 is 0 Å². The third-order valence-electron chi connectivity index (χ3n) is 3.75. The van der Waals surface area contributed by atoms with E-state index in [9.17, 15) is 0 Å². The van der Waals surface area contributed by atoms with Crippen LogP contribution in [0, 0.1) is 0 Å². The number of hydrogen-bond acceptors (Lipinski definition) is 1. The molecule has 0 atom stereocenters. The zero-order valence-corrected chi connectivity index (χ0v) is 9.98. The first-order valence-electron chi connectivity index (χ1n) is 6.23. The van der Waals surface area contributed by atoms with Crippen LogP contribution in [0.2, 0.25) is 0 Å². The first-order chi connectivity index (χ1) is 8.83. The maximum Gasteiger partial charge on any atom is 0.0320 e. The van der Waals surface area contributed by atoms with Crippen LogP contribution in [-0.4, -0.2) is 0 Å². The third kappa shape index (κ3) is 1.22. The summed E-state index contributed by atoms with van der Waals surface area (Å²) in [6.45, 7) is 0. The van der Waals surface area contributed by atoms with Crippen LogP contribution < -0.4 is 5.73 Å². The molecule has 86 valence electrons. The Bertz CT molecular complexity index is 812. The van der Waals surface area contributed by atoms with Crippen molar-refractivity contribution < 1.29 is 0 Å². The highest BCUT2D eigenvalue weighted by Crippen LogP contribution is 2.35. The summed E-state index contributed by atoms with van der Waals surface area (Å²) < 4.78 is 0. The number of benzene rings is 3. The second kappa shape index (κ2) is 3.36. The fourth-order valence-electron chi connectivity index (χ4n) is 2.96. The number of hydrogen-bond donors (Lipinski definition) is 1. The predicted molar refractivity (Wildman–Crippen MR) is 78.6 cm³/mol. The molecule has 1 heteroatoms. The fraction of sp³-hybridized carbons (Fsp3) is 0.0588. The SMILES string of the molecule is Nc1ccc2c3c4c(cccc4cc2c1)CC=C3. The van der Waals surface area contributed by atoms with Gasteiger partial charge in [-0.3, -0.25) is 0 Å². The van der Waals surface area contributed by atoms with Gasteiger partial charge in [0, 0.05) is 5.69 Å². The number of anilines is 1. The molecule has 0 saturated heterocycles. The van der Waals surface area contributed by atoms with Crippen molar-refractivity contribution in [1.82, 2.24) is 0 Å². The molecule has 0 spiro atoms. The largest absolute Gasteiger partial charge is 0.399 e. The number of allylic oxidation sites excluding steroid dienone is 1. The molecular weight excluding hydrogens is 218 g/mol. The molecule has 2 N–H and O–H groups in total. The van der Waals surface area contributed by atoms with Crippen molar-refractivity contribution in [2.24, 2.45) is 0 Å². The minimum absolute atomic E-state index is 0.824. The summed E-state index contributed by atoms with van der Waals surface area (Å²) in [5, 5.41) is 5.23. The van der Waals surface area contributed by atoms with Crippen LogP contribution in [0.15, 0.2) is 48.5 Å². The lowest BCUT2D eigenvalue weighted by Crippen LogP contribution is -1.94. The average molecular weight is 231 g/mol. The molecular formula is C17H13N. The summed E-state index contributed by atoms with van der Waals surface area (Å²) in [4.78, 5) is 0. The zero-order valence-electron chi connectivity index (χ0n) is 9.98. The van der Waals surface area contributed by atoms with Crippen molar-refractivity contribution in [1.29, 1.82) is 0 Å². The highest BCUT2D eigenvalue weighted by atomic mass is 14.5. The van der Waals surface area contributed by atoms with Gasteiger partial charge in [0.2, 0.25) is 0 Å². The maximum atomic E-state index is 5.89. The van der Waals surface area contributed by atoms with Crippen molar-refractivity contribution >= 4 is 33.3 Å². The van der Waals surface area contributed by atoms with E-state index >= 15 is 0 Å². The quantitative estimate of drug-likeness (QED) is 0.456. The Hall–Kier alpha value is -2.28. The number of nitrogen functional groups attached to an aromatic ring is 1. The molecule has 3 aromatic carbocycles. The van der Waals surface area contributed by atoms with E-state index in [1.54, 1.807) is 0 Å². The van der Waals surface area contributed by atoms with Crippen molar-refractivity contribution in [3.05, 3.63) is 59.7 Å². The van der Waals surface area contributed by atoms with E-state index in [0.717, 1.165) is 12.1 Å². The van der Waals surface area contributed by atoms with Gasteiger partial charge in [-0.15, -0.1) is 0 Å². The second-order valence-corrected chi connectivity index (χ2v) is 4.89. The minimum Gasteiger partial charge on any atom is -0.399 e. The van der Waals surface area contributed by atoms with Crippen molar-refractivity contribution in [2.45, 2.75) is 6.42 Å². The summed E-state index contributed by atoms with van der Waals surface area (Å²) in [7, 11) is 0. The van der Waals surface area contributed by atoms with Gasteiger partial charge in [0.05, 0.1) is 0 Å². The van der Waals surface area contributed by atoms with Crippen LogP contribution >= 0.6 is 0 Å². The summed E-state index contributed by atoms with van der Waals surface area (Å²) in [6.07, 6.45) is 5.52. The highest BCUT2D eigenvalue weighted by Gasteiger charge is 2.11. The molecule has 0 heterocycles. The Balaban J connectivity index is 2.30. The average Bonchev–Trinajstić information content (AvgIpc) is 2.39. The molecule has 3 aromatic rings. The molecule has 0 fully saturated rings. The van der Waals surface area contributed by atoms with Crippen LogP contribution in [0.25, 0.3) is 27.6 Å². The molecule has 0 bridgehead atoms. The fourth-order valence-corrected chi connectivity index (χ4v) is 2.96. The molecule has 0 aromatic heterocycles. The van der Waals surface area contributed by atoms with Crippen LogP contribution in [0.3, 0.4) is 0 Å². The Morgan fingerprint density at radius 3 is 2.83 bits per heavy atom. The first kappa shape index (κ1) is 9.72. The van der Waals surface area contributed by atoms with Gasteiger partial charge in [-0.2, -0.15) is 0 Å². The molecule has 0 amide bonds. The normalized spacial score (nSPS) is 13.3. The maximum absolute atomic E-state index is 5.89. The molecule has 0 saturated carbocycles. The van der Waals surface area contributed by atoms with Gasteiger partial charge in [-0.25, -0.2) is 0 Å². The summed E-state index contributed by atoms with van der Waals surface area (Å²) in [5.41, 5.74) is 9.47. The lowest BCUT2D eigenvalue weighted by atomic mass is 9.89. The summed E-state index contributed by atoms with van der Waals surface area (Å²) >= 11 is 0. The van der Waals surface area contributed by atoms with Gasteiger partial charge in [0.25, 0.3) is 0 Å². The zero-order chi connectivity index (χ0) is 12.1. The van der Waals surface area contributed by atoms with E-state index in [0.29, 0.717) is 0 Å². The van der Waals surface area contributed by atoms with Crippen LogP contribution in [-0.2, 0) is 6.42 Å². The van der Waals surface area contributed by atoms with E-state index in [2.05, 4.69) is 48.6 Å². The van der Waals surface area contributed by atoms with Gasteiger partial charge in [-0.1, -0.05) is 36.4 Å². The molecule has 4 rings (SSSR count). The molecule has 0 radical (unpaired) electrons. The number of rotatable bonds is 0. The third-order valence-corrected chi connectivity index (χ3v) is 3.75. The molecule has 0 aliphatic heterocycles. The van der Waals surface area contributed by atoms with Gasteiger partial charge in [0.15, 0.2) is 0 Å². The summed E-state index contributed by atoms with van der Waals surface area (Å²) in [5.74, 6) is 0. The van der Waals surface area contributed by atoms with Crippen LogP contribution in [0.5, 0.6) is 0 Å². The monoisotopic (exact) mass is 231 g/mol. The van der Waals surface area contributed by atoms with E-state index in [1.165, 1.54) is 32.7 Å². The minimum atomic E-state index is 0.824. The van der Waals surface area contributed by atoms with Crippen molar-refractivity contribution in [2.75, 3.05) is 5.73 Å². The molecule has 1 aliphatic rings. The predicted octanol–water partition coefficient (Wildman–Crippen LogP) is 4.14. The van der Waals surface area contributed by atoms with E-state index in [4.69, 9.17) is 5.73 Å². The van der Waals surface area contributed by atoms with E-state index in [-0.39, 0.29) is 0 Å². The molecule has 1 aliphatic carbocycles. The van der Waals surface area contributed by atoms with Crippen molar-refractivity contribution in [3.63, 3.8) is 0 Å². The molecule has 18 heavy (non-hydrogen) atoms. The Kier molecular flexibility index (Phi) is 1.81. The molecule has 1 nitrogen and oxygen atoms in total. The van der Waals surface area contributed by atoms with Gasteiger partial charge < -0.3 is 5.73 Å². The topological polar surface area (TPSA) is 26.0 Å². The summed E-state index contributed by atoms with van der Waals surface area (Å²) in [6, 6.07) is 15.0. The first-order valence-corrected chi connectivity index (χ1v) is 6.23. The number of fused-ring (bicyclic) bond motifs is 2. The second-order valence-electron chi connectivity index (χ2n) is 4.89. The lowest BCUT2D eigenvalue weighted by molar-refractivity contribution is 1.30. The van der Waals surface area contributed by atoms with Gasteiger partial charge in [-0.05, 0) is 57.3 Å². The van der Waals surface area contributed by atoms with Crippen LogP contribution in [0.1, 0.15) is 11.1 Å². The Morgan fingerprint density at radius 2 is 1.89 bits per heavy atom. The molecule has 0 unspecified atom stereocenters. The Morgan fingerprint density at radius 1 is 0.944 bits per heavy atom. The lowest BCUT2D eigenvalue weighted by Gasteiger charge is -2.15. The van der Waals surface area contributed by atoms with Crippen LogP contribution in [0.4, 0.5) is 5.69 Å². The van der Waals surface area contributed by atoms with Crippen molar-refractivity contribution in [3.8, 4) is 0 Å². The van der Waals surface area contributed by atoms with Gasteiger partial charge in [0.1, 0.15) is 0 Å². The Labute approximate surface area is 106 Å².